The predicted octanol–water partition coefficient (Wildman–Crippen LogP) is 1.22. The van der Waals surface area contributed by atoms with Crippen LogP contribution in [0, 0.1) is 0 Å². The fraction of sp³-hybridized carbons (Fsp3) is 0.533. The molecule has 1 aromatic carbocycles. The average molecular weight is 294 g/mol. The maximum Gasteiger partial charge on any atom is 0.251 e. The van der Waals surface area contributed by atoms with E-state index in [1.54, 1.807) is 6.26 Å². The van der Waals surface area contributed by atoms with Crippen LogP contribution in [0.1, 0.15) is 34.8 Å². The van der Waals surface area contributed by atoms with Crippen LogP contribution in [-0.4, -0.2) is 34.7 Å². The minimum atomic E-state index is -0.831. The number of amides is 1. The van der Waals surface area contributed by atoms with Crippen LogP contribution in [0.4, 0.5) is 0 Å². The zero-order chi connectivity index (χ0) is 14.5. The van der Waals surface area contributed by atoms with Gasteiger partial charge in [0.15, 0.2) is 0 Å². The molecule has 0 aliphatic carbocycles. The number of hydrogen-bond acceptors (Lipinski definition) is 3. The molecule has 20 heavy (non-hydrogen) atoms. The number of nitrogens with one attached hydrogen (secondary N) is 2. The summed E-state index contributed by atoms with van der Waals surface area (Å²) in [6, 6.07) is 5.91. The lowest BCUT2D eigenvalue weighted by atomic mass is 9.98. The molecule has 2 N–H and O–H groups in total. The van der Waals surface area contributed by atoms with E-state index in [2.05, 4.69) is 16.7 Å². The van der Waals surface area contributed by atoms with Crippen molar-refractivity contribution in [2.45, 2.75) is 31.6 Å². The Kier molecular flexibility index (Phi) is 5.31. The third kappa shape index (κ3) is 3.90. The van der Waals surface area contributed by atoms with Crippen molar-refractivity contribution in [2.75, 3.05) is 19.3 Å². The van der Waals surface area contributed by atoms with Gasteiger partial charge in [-0.2, -0.15) is 0 Å². The monoisotopic (exact) mass is 294 g/mol. The van der Waals surface area contributed by atoms with E-state index in [-0.39, 0.29) is 11.2 Å². The third-order valence-electron chi connectivity index (χ3n) is 3.76. The fourth-order valence-corrected chi connectivity index (χ4v) is 2.73. The van der Waals surface area contributed by atoms with Crippen LogP contribution in [0.5, 0.6) is 0 Å². The van der Waals surface area contributed by atoms with E-state index in [1.165, 1.54) is 11.1 Å². The van der Waals surface area contributed by atoms with Crippen molar-refractivity contribution in [1.29, 1.82) is 0 Å². The first-order chi connectivity index (χ1) is 9.58. The molecular formula is C15H22N2O2S. The lowest BCUT2D eigenvalue weighted by Crippen LogP contribution is -2.28. The molecule has 0 aromatic heterocycles. The number of rotatable bonds is 5. The van der Waals surface area contributed by atoms with Crippen molar-refractivity contribution in [3.8, 4) is 0 Å². The molecule has 5 heteroatoms. The summed E-state index contributed by atoms with van der Waals surface area (Å²) in [5.41, 5.74) is 3.25. The van der Waals surface area contributed by atoms with Gasteiger partial charge in [-0.3, -0.25) is 9.00 Å². The van der Waals surface area contributed by atoms with Gasteiger partial charge in [0.25, 0.3) is 5.91 Å². The molecule has 0 spiro atoms. The van der Waals surface area contributed by atoms with E-state index in [1.807, 2.05) is 19.1 Å². The summed E-state index contributed by atoms with van der Waals surface area (Å²) in [7, 11) is -0.831. The van der Waals surface area contributed by atoms with Crippen molar-refractivity contribution in [1.82, 2.24) is 10.6 Å². The van der Waals surface area contributed by atoms with Gasteiger partial charge in [0.1, 0.15) is 0 Å². The Hall–Kier alpha value is -1.20. The molecule has 110 valence electrons. The standard InChI is InChI=1S/C15H22N2O2S/c1-11(20(2)19)5-8-17-15(18)13-4-3-12-6-7-16-10-14(12)9-13/h3-4,9,11,16H,5-8,10H2,1-2H3,(H,17,18). The highest BCUT2D eigenvalue weighted by atomic mass is 32.2. The van der Waals surface area contributed by atoms with Crippen LogP contribution in [0.15, 0.2) is 18.2 Å². The van der Waals surface area contributed by atoms with Gasteiger partial charge in [-0.25, -0.2) is 0 Å². The summed E-state index contributed by atoms with van der Waals surface area (Å²) in [4.78, 5) is 12.1. The largest absolute Gasteiger partial charge is 0.352 e. The SMILES string of the molecule is CC(CCNC(=O)c1ccc2c(c1)CNCC2)S(C)=O. The molecule has 1 aliphatic heterocycles. The van der Waals surface area contributed by atoms with Gasteiger partial charge in [-0.1, -0.05) is 13.0 Å². The van der Waals surface area contributed by atoms with Crippen molar-refractivity contribution in [3.63, 3.8) is 0 Å². The van der Waals surface area contributed by atoms with Crippen LogP contribution in [0.3, 0.4) is 0 Å². The Morgan fingerprint density at radius 1 is 1.45 bits per heavy atom. The third-order valence-corrected chi connectivity index (χ3v) is 5.13. The topological polar surface area (TPSA) is 58.2 Å². The summed E-state index contributed by atoms with van der Waals surface area (Å²) in [6.07, 6.45) is 3.46. The lowest BCUT2D eigenvalue weighted by Gasteiger charge is -2.17. The number of carbonyl (C=O) groups is 1. The second-order valence-electron chi connectivity index (χ2n) is 5.26. The second kappa shape index (κ2) is 6.99. The molecule has 2 rings (SSSR count). The zero-order valence-electron chi connectivity index (χ0n) is 12.1. The van der Waals surface area contributed by atoms with Gasteiger partial charge in [0.2, 0.25) is 0 Å². The van der Waals surface area contributed by atoms with E-state index in [9.17, 15) is 9.00 Å². The summed E-state index contributed by atoms with van der Waals surface area (Å²) in [5, 5.41) is 6.32. The molecule has 0 saturated carbocycles. The minimum absolute atomic E-state index is 0.0486. The Labute approximate surface area is 122 Å². The molecule has 1 aromatic rings. The van der Waals surface area contributed by atoms with E-state index < -0.39 is 10.8 Å². The normalized spacial score (nSPS) is 17.1. The maximum absolute atomic E-state index is 12.1. The number of hydrogen-bond donors (Lipinski definition) is 2. The number of carbonyl (C=O) groups excluding carboxylic acids is 1. The molecular weight excluding hydrogens is 272 g/mol. The Morgan fingerprint density at radius 2 is 2.25 bits per heavy atom. The molecule has 4 nitrogen and oxygen atoms in total. The highest BCUT2D eigenvalue weighted by Crippen LogP contribution is 2.15. The molecule has 1 aliphatic rings. The van der Waals surface area contributed by atoms with E-state index in [0.29, 0.717) is 12.1 Å². The summed E-state index contributed by atoms with van der Waals surface area (Å²) >= 11 is 0. The predicted molar refractivity (Wildman–Crippen MR) is 82.3 cm³/mol. The molecule has 0 radical (unpaired) electrons. The molecule has 2 unspecified atom stereocenters. The summed E-state index contributed by atoms with van der Waals surface area (Å²) < 4.78 is 11.2. The quantitative estimate of drug-likeness (QED) is 0.858. The first kappa shape index (κ1) is 15.2. The first-order valence-electron chi connectivity index (χ1n) is 7.01. The van der Waals surface area contributed by atoms with Crippen LogP contribution >= 0.6 is 0 Å². The van der Waals surface area contributed by atoms with Crippen molar-refractivity contribution in [2.24, 2.45) is 0 Å². The minimum Gasteiger partial charge on any atom is -0.352 e. The molecule has 0 fully saturated rings. The van der Waals surface area contributed by atoms with Crippen molar-refractivity contribution < 1.29 is 9.00 Å². The molecule has 0 saturated heterocycles. The highest BCUT2D eigenvalue weighted by Gasteiger charge is 2.13. The lowest BCUT2D eigenvalue weighted by molar-refractivity contribution is 0.0953. The summed E-state index contributed by atoms with van der Waals surface area (Å²) in [6.45, 7) is 4.34. The highest BCUT2D eigenvalue weighted by molar-refractivity contribution is 7.84. The number of benzene rings is 1. The Morgan fingerprint density at radius 3 is 3.00 bits per heavy atom. The Balaban J connectivity index is 1.91. The molecule has 2 atom stereocenters. The van der Waals surface area contributed by atoms with E-state index in [4.69, 9.17) is 0 Å². The van der Waals surface area contributed by atoms with Crippen molar-refractivity contribution in [3.05, 3.63) is 34.9 Å². The van der Waals surface area contributed by atoms with Gasteiger partial charge in [-0.15, -0.1) is 0 Å². The number of fused-ring (bicyclic) bond motifs is 1. The second-order valence-corrected chi connectivity index (χ2v) is 7.07. The first-order valence-corrected chi connectivity index (χ1v) is 8.63. The zero-order valence-corrected chi connectivity index (χ0v) is 12.9. The van der Waals surface area contributed by atoms with Crippen LogP contribution in [0.25, 0.3) is 0 Å². The van der Waals surface area contributed by atoms with Crippen LogP contribution in [-0.2, 0) is 23.8 Å². The molecule has 1 amide bonds. The molecule has 1 heterocycles. The van der Waals surface area contributed by atoms with Gasteiger partial charge in [0.05, 0.1) is 0 Å². The van der Waals surface area contributed by atoms with E-state index in [0.717, 1.165) is 25.9 Å². The van der Waals surface area contributed by atoms with Crippen molar-refractivity contribution >= 4 is 16.7 Å². The van der Waals surface area contributed by atoms with Gasteiger partial charge in [0, 0.05) is 41.0 Å². The maximum atomic E-state index is 12.1. The van der Waals surface area contributed by atoms with Gasteiger partial charge >= 0.3 is 0 Å². The van der Waals surface area contributed by atoms with Crippen LogP contribution < -0.4 is 10.6 Å². The Bertz CT molecular complexity index is 517. The van der Waals surface area contributed by atoms with Gasteiger partial charge < -0.3 is 10.6 Å². The van der Waals surface area contributed by atoms with Gasteiger partial charge in [-0.05, 0) is 42.6 Å². The molecule has 0 bridgehead atoms. The van der Waals surface area contributed by atoms with Crippen LogP contribution in [0.2, 0.25) is 0 Å². The fourth-order valence-electron chi connectivity index (χ4n) is 2.28. The average Bonchev–Trinajstić information content (AvgIpc) is 2.46. The smallest absolute Gasteiger partial charge is 0.251 e. The van der Waals surface area contributed by atoms with E-state index >= 15 is 0 Å². The summed E-state index contributed by atoms with van der Waals surface area (Å²) in [5.74, 6) is -0.0486.